The molecule has 0 atom stereocenters. The lowest BCUT2D eigenvalue weighted by molar-refractivity contribution is -0.116. The minimum atomic E-state index is -0.386. The molecule has 1 aliphatic heterocycles. The number of benzene rings is 1. The number of piperazine rings is 1. The van der Waals surface area contributed by atoms with E-state index in [-0.39, 0.29) is 23.9 Å². The van der Waals surface area contributed by atoms with E-state index in [1.54, 1.807) is 42.3 Å². The molecule has 0 spiro atoms. The number of ether oxygens (including phenoxy) is 1. The van der Waals surface area contributed by atoms with Crippen LogP contribution in [0.3, 0.4) is 0 Å². The average molecular weight is 519 g/mol. The van der Waals surface area contributed by atoms with Gasteiger partial charge in [0.1, 0.15) is 22.9 Å². The van der Waals surface area contributed by atoms with Gasteiger partial charge in [-0.15, -0.1) is 11.3 Å². The van der Waals surface area contributed by atoms with Crippen molar-refractivity contribution in [2.45, 2.75) is 13.5 Å². The second-order valence-electron chi connectivity index (χ2n) is 8.63. The predicted octanol–water partition coefficient (Wildman–Crippen LogP) is 2.77. The smallest absolute Gasteiger partial charge is 0.264 e. The molecule has 4 heterocycles. The Morgan fingerprint density at radius 2 is 1.81 bits per heavy atom. The summed E-state index contributed by atoms with van der Waals surface area (Å²) in [6.45, 7) is 4.03. The number of aromatic nitrogens is 3. The van der Waals surface area contributed by atoms with E-state index in [0.29, 0.717) is 58.3 Å². The summed E-state index contributed by atoms with van der Waals surface area (Å²) in [6.07, 6.45) is 3.11. The molecule has 190 valence electrons. The van der Waals surface area contributed by atoms with Crippen LogP contribution < -0.4 is 20.5 Å². The average Bonchev–Trinajstić information content (AvgIpc) is 3.27. The maximum atomic E-state index is 13.4. The monoisotopic (exact) mass is 518 g/mol. The molecule has 1 N–H and O–H groups in total. The number of anilines is 2. The quantitative estimate of drug-likeness (QED) is 0.418. The third-order valence-electron chi connectivity index (χ3n) is 6.35. The first-order valence-electron chi connectivity index (χ1n) is 11.8. The molecule has 1 aliphatic rings. The number of aryl methyl sites for hydroxylation is 1. The lowest BCUT2D eigenvalue weighted by atomic mass is 10.2. The summed E-state index contributed by atoms with van der Waals surface area (Å²) < 4.78 is 6.52. The Balaban J connectivity index is 1.32. The van der Waals surface area contributed by atoms with Gasteiger partial charge in [0, 0.05) is 32.4 Å². The fraction of sp³-hybridized carbons (Fsp3) is 0.269. The highest BCUT2D eigenvalue weighted by atomic mass is 32.1. The molecule has 5 rings (SSSR count). The minimum absolute atomic E-state index is 0.110. The predicted molar refractivity (Wildman–Crippen MR) is 143 cm³/mol. The highest BCUT2D eigenvalue weighted by Crippen LogP contribution is 2.29. The molecule has 11 heteroatoms. The number of amides is 2. The Morgan fingerprint density at radius 1 is 1.05 bits per heavy atom. The fourth-order valence-electron chi connectivity index (χ4n) is 4.39. The van der Waals surface area contributed by atoms with E-state index in [0.717, 1.165) is 5.82 Å². The van der Waals surface area contributed by atoms with Gasteiger partial charge in [0.2, 0.25) is 5.91 Å². The number of pyridine rings is 1. The molecule has 2 amide bonds. The van der Waals surface area contributed by atoms with Gasteiger partial charge in [-0.1, -0.05) is 18.2 Å². The van der Waals surface area contributed by atoms with E-state index in [2.05, 4.69) is 20.2 Å². The van der Waals surface area contributed by atoms with Crippen molar-refractivity contribution in [3.63, 3.8) is 0 Å². The van der Waals surface area contributed by atoms with E-state index >= 15 is 0 Å². The minimum Gasteiger partial charge on any atom is -0.495 e. The summed E-state index contributed by atoms with van der Waals surface area (Å²) in [6, 6.07) is 12.8. The standard InChI is InChI=1S/C26H26N6O4S/c1-17-22-24(28-16-32(25(22)34)15-21(33)29-18-7-3-4-8-19(18)36-2)37-23(17)26(35)31-13-11-30(12-14-31)20-9-5-6-10-27-20/h3-10,16H,11-15H2,1-2H3,(H,29,33). The van der Waals surface area contributed by atoms with Crippen LogP contribution >= 0.6 is 11.3 Å². The lowest BCUT2D eigenvalue weighted by Crippen LogP contribution is -2.49. The third-order valence-corrected chi connectivity index (χ3v) is 7.53. The highest BCUT2D eigenvalue weighted by molar-refractivity contribution is 7.20. The Morgan fingerprint density at radius 3 is 2.54 bits per heavy atom. The fourth-order valence-corrected chi connectivity index (χ4v) is 5.50. The summed E-state index contributed by atoms with van der Waals surface area (Å²) in [5.41, 5.74) is 0.752. The van der Waals surface area contributed by atoms with Crippen LogP contribution in [0.25, 0.3) is 10.2 Å². The van der Waals surface area contributed by atoms with E-state index in [4.69, 9.17) is 4.74 Å². The molecule has 1 fully saturated rings. The molecule has 0 bridgehead atoms. The van der Waals surface area contributed by atoms with Crippen molar-refractivity contribution in [2.75, 3.05) is 43.5 Å². The van der Waals surface area contributed by atoms with Crippen LogP contribution in [0.1, 0.15) is 15.2 Å². The number of hydrogen-bond donors (Lipinski definition) is 1. The molecule has 37 heavy (non-hydrogen) atoms. The topological polar surface area (TPSA) is 110 Å². The first kappa shape index (κ1) is 24.4. The van der Waals surface area contributed by atoms with Crippen molar-refractivity contribution in [3.8, 4) is 5.75 Å². The number of nitrogens with zero attached hydrogens (tertiary/aromatic N) is 5. The zero-order valence-electron chi connectivity index (χ0n) is 20.5. The molecule has 1 saturated heterocycles. The molecular formula is C26H26N6O4S. The van der Waals surface area contributed by atoms with Crippen molar-refractivity contribution < 1.29 is 14.3 Å². The molecular weight excluding hydrogens is 492 g/mol. The van der Waals surface area contributed by atoms with Gasteiger partial charge >= 0.3 is 0 Å². The molecule has 0 aliphatic carbocycles. The Labute approximate surface area is 217 Å². The van der Waals surface area contributed by atoms with E-state index < -0.39 is 0 Å². The number of carbonyl (C=O) groups excluding carboxylic acids is 2. The zero-order chi connectivity index (χ0) is 25.9. The van der Waals surface area contributed by atoms with Crippen LogP contribution in [0, 0.1) is 6.92 Å². The van der Waals surface area contributed by atoms with Gasteiger partial charge in [0.15, 0.2) is 0 Å². The molecule has 0 unspecified atom stereocenters. The summed E-state index contributed by atoms with van der Waals surface area (Å²) >= 11 is 1.21. The van der Waals surface area contributed by atoms with Crippen LogP contribution in [0.2, 0.25) is 0 Å². The number of thiophene rings is 1. The van der Waals surface area contributed by atoms with Crippen molar-refractivity contribution in [1.29, 1.82) is 0 Å². The number of nitrogens with one attached hydrogen (secondary N) is 1. The third kappa shape index (κ3) is 4.90. The van der Waals surface area contributed by atoms with Crippen molar-refractivity contribution in [1.82, 2.24) is 19.4 Å². The number of rotatable bonds is 6. The van der Waals surface area contributed by atoms with Gasteiger partial charge in [0.05, 0.1) is 29.4 Å². The molecule has 1 aromatic carbocycles. The van der Waals surface area contributed by atoms with E-state index in [1.807, 2.05) is 18.2 Å². The Bertz CT molecular complexity index is 1510. The maximum absolute atomic E-state index is 13.4. The second kappa shape index (κ2) is 10.4. The van der Waals surface area contributed by atoms with E-state index in [9.17, 15) is 14.4 Å². The summed E-state index contributed by atoms with van der Waals surface area (Å²) in [5, 5.41) is 3.13. The summed E-state index contributed by atoms with van der Waals surface area (Å²) in [4.78, 5) is 53.0. The van der Waals surface area contributed by atoms with Crippen LogP contribution in [-0.4, -0.2) is 64.5 Å². The SMILES string of the molecule is COc1ccccc1NC(=O)Cn1cnc2sc(C(=O)N3CCN(c4ccccn4)CC3)c(C)c2c1=O. The largest absolute Gasteiger partial charge is 0.495 e. The van der Waals surface area contributed by atoms with Crippen molar-refractivity contribution in [3.05, 3.63) is 75.8 Å². The van der Waals surface area contributed by atoms with Crippen LogP contribution in [0.4, 0.5) is 11.5 Å². The molecule has 3 aromatic heterocycles. The van der Waals surface area contributed by atoms with Gasteiger partial charge in [-0.2, -0.15) is 0 Å². The van der Waals surface area contributed by atoms with Gasteiger partial charge in [-0.25, -0.2) is 9.97 Å². The van der Waals surface area contributed by atoms with Gasteiger partial charge < -0.3 is 19.9 Å². The number of hydrogen-bond acceptors (Lipinski definition) is 8. The maximum Gasteiger partial charge on any atom is 0.264 e. The Hall–Kier alpha value is -4.25. The number of fused-ring (bicyclic) bond motifs is 1. The van der Waals surface area contributed by atoms with E-state index in [1.165, 1.54) is 29.3 Å². The number of para-hydroxylation sites is 2. The Kier molecular flexibility index (Phi) is 6.87. The molecule has 0 radical (unpaired) electrons. The molecule has 10 nitrogen and oxygen atoms in total. The summed E-state index contributed by atoms with van der Waals surface area (Å²) in [5.74, 6) is 0.922. The van der Waals surface area contributed by atoms with Crippen molar-refractivity contribution >= 4 is 44.9 Å². The number of methoxy groups -OCH3 is 1. The molecule has 4 aromatic rings. The first-order chi connectivity index (χ1) is 18.0. The van der Waals surface area contributed by atoms with Crippen LogP contribution in [0.15, 0.2) is 59.8 Å². The van der Waals surface area contributed by atoms with Crippen LogP contribution in [-0.2, 0) is 11.3 Å². The summed E-state index contributed by atoms with van der Waals surface area (Å²) in [7, 11) is 1.52. The van der Waals surface area contributed by atoms with Gasteiger partial charge in [-0.05, 0) is 36.8 Å². The zero-order valence-corrected chi connectivity index (χ0v) is 21.3. The van der Waals surface area contributed by atoms with Gasteiger partial charge in [0.25, 0.3) is 11.5 Å². The normalized spacial score (nSPS) is 13.6. The lowest BCUT2D eigenvalue weighted by Gasteiger charge is -2.35. The number of carbonyl (C=O) groups is 2. The first-order valence-corrected chi connectivity index (χ1v) is 12.6. The van der Waals surface area contributed by atoms with Crippen LogP contribution in [0.5, 0.6) is 5.75 Å². The van der Waals surface area contributed by atoms with Gasteiger partial charge in [-0.3, -0.25) is 19.0 Å². The highest BCUT2D eigenvalue weighted by Gasteiger charge is 2.27. The second-order valence-corrected chi connectivity index (χ2v) is 9.63. The molecule has 0 saturated carbocycles. The van der Waals surface area contributed by atoms with Crippen molar-refractivity contribution in [2.24, 2.45) is 0 Å².